The average molecular weight is 348 g/mol. The molecule has 1 aromatic heterocycles. The first-order valence-corrected chi connectivity index (χ1v) is 8.61. The van der Waals surface area contributed by atoms with Crippen LogP contribution < -0.4 is 4.74 Å². The maximum absolute atomic E-state index is 5.99. The van der Waals surface area contributed by atoms with Crippen molar-refractivity contribution in [3.8, 4) is 5.75 Å². The molecular formula is C17H27Cl2NO2. The van der Waals surface area contributed by atoms with Crippen molar-refractivity contribution in [2.45, 2.75) is 77.6 Å². The smallest absolute Gasteiger partial charge is 0.200 e. The number of hydrogen-bond donors (Lipinski definition) is 0. The quantitative estimate of drug-likeness (QED) is 0.457. The third-order valence-electron chi connectivity index (χ3n) is 4.00. The summed E-state index contributed by atoms with van der Waals surface area (Å²) in [6.45, 7) is 4.80. The van der Waals surface area contributed by atoms with Gasteiger partial charge in [0.05, 0.1) is 12.3 Å². The van der Waals surface area contributed by atoms with Gasteiger partial charge < -0.3 is 9.47 Å². The molecule has 0 amide bonds. The number of hydrogen-bond acceptors (Lipinski definition) is 3. The van der Waals surface area contributed by atoms with Crippen LogP contribution in [0.5, 0.6) is 5.75 Å². The van der Waals surface area contributed by atoms with Gasteiger partial charge in [-0.3, -0.25) is 4.98 Å². The highest BCUT2D eigenvalue weighted by Gasteiger charge is 2.24. The van der Waals surface area contributed by atoms with Gasteiger partial charge in [0.1, 0.15) is 5.75 Å². The molecule has 1 aliphatic rings. The molecule has 126 valence electrons. The number of rotatable bonds is 8. The van der Waals surface area contributed by atoms with Crippen LogP contribution in [0.1, 0.15) is 68.7 Å². The molecule has 1 aromatic rings. The second-order valence-electron chi connectivity index (χ2n) is 5.73. The number of pyridine rings is 1. The zero-order valence-electron chi connectivity index (χ0n) is 13.6. The molecule has 0 radical (unpaired) electrons. The number of ether oxygens (including phenoxy) is 2. The molecule has 22 heavy (non-hydrogen) atoms. The number of aryl methyl sites for hydroxylation is 1. The monoisotopic (exact) mass is 347 g/mol. The van der Waals surface area contributed by atoms with E-state index in [1.165, 1.54) is 32.1 Å². The molecule has 5 heteroatoms. The van der Waals surface area contributed by atoms with Gasteiger partial charge in [-0.05, 0) is 18.9 Å². The Hall–Kier alpha value is -0.510. The van der Waals surface area contributed by atoms with Crippen LogP contribution in [0.2, 0.25) is 0 Å². The standard InChI is InChI=1S/C17H26ClNO2.ClH/c1-3-4-5-6-7-8-9-16-20-12-15-14(10-18)11-19-13(2)17(15)21-16;/h11,16H,3-10,12H2,1-2H3;1H. The SMILES string of the molecule is CCCCCCCCC1OCc2c(CCl)cnc(C)c2O1.Cl. The Morgan fingerprint density at radius 3 is 2.68 bits per heavy atom. The molecule has 3 nitrogen and oxygen atoms in total. The molecule has 2 rings (SSSR count). The third-order valence-corrected chi connectivity index (χ3v) is 4.29. The van der Waals surface area contributed by atoms with Gasteiger partial charge in [-0.15, -0.1) is 24.0 Å². The van der Waals surface area contributed by atoms with Crippen molar-refractivity contribution in [3.63, 3.8) is 0 Å². The molecule has 0 saturated heterocycles. The maximum atomic E-state index is 5.99. The Bertz CT molecular complexity index is 455. The van der Waals surface area contributed by atoms with E-state index >= 15 is 0 Å². The largest absolute Gasteiger partial charge is 0.463 e. The van der Waals surface area contributed by atoms with Crippen LogP contribution >= 0.6 is 24.0 Å². The van der Waals surface area contributed by atoms with Gasteiger partial charge in [0.25, 0.3) is 0 Å². The van der Waals surface area contributed by atoms with Crippen LogP contribution in [-0.2, 0) is 17.2 Å². The number of fused-ring (bicyclic) bond motifs is 1. The minimum atomic E-state index is -0.130. The molecule has 1 unspecified atom stereocenters. The van der Waals surface area contributed by atoms with E-state index in [-0.39, 0.29) is 18.7 Å². The predicted octanol–water partition coefficient (Wildman–Crippen LogP) is 5.54. The predicted molar refractivity (Wildman–Crippen MR) is 93.0 cm³/mol. The molecule has 0 saturated carbocycles. The van der Waals surface area contributed by atoms with Gasteiger partial charge in [-0.2, -0.15) is 0 Å². The van der Waals surface area contributed by atoms with Crippen molar-refractivity contribution in [2.24, 2.45) is 0 Å². The first-order chi connectivity index (χ1) is 10.3. The van der Waals surface area contributed by atoms with E-state index in [9.17, 15) is 0 Å². The summed E-state index contributed by atoms with van der Waals surface area (Å²) in [4.78, 5) is 4.36. The molecule has 0 N–H and O–H groups in total. The summed E-state index contributed by atoms with van der Waals surface area (Å²) in [6.07, 6.45) is 10.4. The van der Waals surface area contributed by atoms with Crippen molar-refractivity contribution < 1.29 is 9.47 Å². The number of unbranched alkanes of at least 4 members (excludes halogenated alkanes) is 5. The Morgan fingerprint density at radius 2 is 1.95 bits per heavy atom. The Balaban J connectivity index is 0.00000242. The lowest BCUT2D eigenvalue weighted by Crippen LogP contribution is -2.27. The Labute approximate surface area is 145 Å². The average Bonchev–Trinajstić information content (AvgIpc) is 2.51. The van der Waals surface area contributed by atoms with E-state index in [2.05, 4.69) is 11.9 Å². The van der Waals surface area contributed by atoms with Crippen LogP contribution in [-0.4, -0.2) is 11.3 Å². The minimum Gasteiger partial charge on any atom is -0.463 e. The zero-order chi connectivity index (χ0) is 15.1. The van der Waals surface area contributed by atoms with Gasteiger partial charge in [-0.25, -0.2) is 0 Å². The van der Waals surface area contributed by atoms with Crippen LogP contribution in [0.15, 0.2) is 6.20 Å². The maximum Gasteiger partial charge on any atom is 0.200 e. The lowest BCUT2D eigenvalue weighted by atomic mass is 10.1. The normalized spacial score (nSPS) is 16.6. The zero-order valence-corrected chi connectivity index (χ0v) is 15.1. The van der Waals surface area contributed by atoms with E-state index in [0.717, 1.165) is 35.4 Å². The van der Waals surface area contributed by atoms with E-state index in [1.54, 1.807) is 0 Å². The van der Waals surface area contributed by atoms with Crippen molar-refractivity contribution in [1.82, 2.24) is 4.98 Å². The molecule has 0 aromatic carbocycles. The fraction of sp³-hybridized carbons (Fsp3) is 0.706. The summed E-state index contributed by atoms with van der Waals surface area (Å²) < 4.78 is 11.8. The van der Waals surface area contributed by atoms with E-state index in [4.69, 9.17) is 21.1 Å². The van der Waals surface area contributed by atoms with Crippen molar-refractivity contribution >= 4 is 24.0 Å². The molecule has 1 atom stereocenters. The highest BCUT2D eigenvalue weighted by atomic mass is 35.5. The summed E-state index contributed by atoms with van der Waals surface area (Å²) in [7, 11) is 0. The van der Waals surface area contributed by atoms with Gasteiger partial charge in [-0.1, -0.05) is 39.0 Å². The van der Waals surface area contributed by atoms with Gasteiger partial charge in [0.15, 0.2) is 6.29 Å². The number of nitrogens with zero attached hydrogens (tertiary/aromatic N) is 1. The summed E-state index contributed by atoms with van der Waals surface area (Å²) in [6, 6.07) is 0. The molecule has 0 fully saturated rings. The van der Waals surface area contributed by atoms with Gasteiger partial charge in [0, 0.05) is 24.1 Å². The number of halogens is 2. The summed E-state index contributed by atoms with van der Waals surface area (Å²) >= 11 is 5.95. The van der Waals surface area contributed by atoms with Crippen LogP contribution in [0.3, 0.4) is 0 Å². The fourth-order valence-electron chi connectivity index (χ4n) is 2.68. The molecule has 0 spiro atoms. The van der Waals surface area contributed by atoms with Gasteiger partial charge >= 0.3 is 0 Å². The molecule has 2 heterocycles. The highest BCUT2D eigenvalue weighted by molar-refractivity contribution is 6.17. The van der Waals surface area contributed by atoms with Crippen molar-refractivity contribution in [1.29, 1.82) is 0 Å². The van der Waals surface area contributed by atoms with E-state index in [1.807, 2.05) is 13.1 Å². The summed E-state index contributed by atoms with van der Waals surface area (Å²) in [5, 5.41) is 0. The molecule has 1 aliphatic heterocycles. The van der Waals surface area contributed by atoms with Gasteiger partial charge in [0.2, 0.25) is 0 Å². The molecule has 0 aliphatic carbocycles. The fourth-order valence-corrected chi connectivity index (χ4v) is 2.91. The van der Waals surface area contributed by atoms with Crippen molar-refractivity contribution in [3.05, 3.63) is 23.0 Å². The Morgan fingerprint density at radius 1 is 1.23 bits per heavy atom. The third kappa shape index (κ3) is 5.29. The van der Waals surface area contributed by atoms with Crippen LogP contribution in [0, 0.1) is 6.92 Å². The lowest BCUT2D eigenvalue weighted by molar-refractivity contribution is -0.113. The van der Waals surface area contributed by atoms with Crippen LogP contribution in [0.25, 0.3) is 0 Å². The molecular weight excluding hydrogens is 321 g/mol. The second-order valence-corrected chi connectivity index (χ2v) is 5.99. The topological polar surface area (TPSA) is 31.4 Å². The van der Waals surface area contributed by atoms with E-state index in [0.29, 0.717) is 12.5 Å². The summed E-state index contributed by atoms with van der Waals surface area (Å²) in [5.74, 6) is 1.33. The van der Waals surface area contributed by atoms with E-state index < -0.39 is 0 Å². The van der Waals surface area contributed by atoms with Crippen LogP contribution in [0.4, 0.5) is 0 Å². The highest BCUT2D eigenvalue weighted by Crippen LogP contribution is 2.33. The first kappa shape index (κ1) is 19.5. The first-order valence-electron chi connectivity index (χ1n) is 8.07. The summed E-state index contributed by atoms with van der Waals surface area (Å²) in [5.41, 5.74) is 3.00. The number of alkyl halides is 1. The second kappa shape index (κ2) is 10.3. The molecule has 0 bridgehead atoms. The number of aromatic nitrogens is 1. The van der Waals surface area contributed by atoms with Crippen molar-refractivity contribution in [2.75, 3.05) is 0 Å². The minimum absolute atomic E-state index is 0. The Kier molecular flexibility index (Phi) is 9.15. The lowest BCUT2D eigenvalue weighted by Gasteiger charge is -2.28.